The van der Waals surface area contributed by atoms with E-state index in [1.165, 1.54) is 10.6 Å². The summed E-state index contributed by atoms with van der Waals surface area (Å²) < 4.78 is 1.34. The second-order valence-electron chi connectivity index (χ2n) is 5.21. The summed E-state index contributed by atoms with van der Waals surface area (Å²) in [4.78, 5) is 37.7. The molecule has 1 saturated carbocycles. The summed E-state index contributed by atoms with van der Waals surface area (Å²) in [5, 5.41) is 9.30. The minimum atomic E-state index is -1.11. The van der Waals surface area contributed by atoms with Gasteiger partial charge in [-0.15, -0.1) is 0 Å². The zero-order chi connectivity index (χ0) is 14.4. The van der Waals surface area contributed by atoms with Gasteiger partial charge in [0.25, 0.3) is 0 Å². The second-order valence-corrected chi connectivity index (χ2v) is 5.21. The van der Waals surface area contributed by atoms with Gasteiger partial charge in [0, 0.05) is 6.04 Å². The molecule has 1 aliphatic carbocycles. The fourth-order valence-electron chi connectivity index (χ4n) is 2.64. The molecular weight excluding hydrogens is 260 g/mol. The van der Waals surface area contributed by atoms with Gasteiger partial charge in [0.05, 0.1) is 16.6 Å². The average Bonchev–Trinajstić information content (AvgIpc) is 3.23. The summed E-state index contributed by atoms with van der Waals surface area (Å²) in [7, 11) is 0. The van der Waals surface area contributed by atoms with E-state index < -0.39 is 17.1 Å². The normalized spacial score (nSPS) is 16.2. The summed E-state index contributed by atoms with van der Waals surface area (Å²) in [5.74, 6) is -0.779. The zero-order valence-electron chi connectivity index (χ0n) is 10.9. The van der Waals surface area contributed by atoms with E-state index >= 15 is 0 Å². The Hall–Kier alpha value is -2.37. The summed E-state index contributed by atoms with van der Waals surface area (Å²) in [6.07, 6.45) is 1.99. The Morgan fingerprint density at radius 2 is 2.10 bits per heavy atom. The molecule has 2 N–H and O–H groups in total. The number of para-hydroxylation sites is 1. The van der Waals surface area contributed by atoms with Crippen molar-refractivity contribution in [2.45, 2.75) is 25.8 Å². The highest BCUT2D eigenvalue weighted by Crippen LogP contribution is 2.39. The molecule has 0 aliphatic heterocycles. The van der Waals surface area contributed by atoms with Gasteiger partial charge < -0.3 is 10.1 Å². The standard InChI is InChI=1S/C14H14N2O4/c1-7(8-5-6-8)16-11-9(14(19)20)3-2-4-10(11)15-12(17)13(16)18/h2-4,7-8H,5-6H2,1H3,(H,15,17)(H,19,20). The van der Waals surface area contributed by atoms with Crippen molar-refractivity contribution in [2.24, 2.45) is 5.92 Å². The molecule has 1 unspecified atom stereocenters. The van der Waals surface area contributed by atoms with Crippen molar-refractivity contribution in [1.82, 2.24) is 9.55 Å². The smallest absolute Gasteiger partial charge is 0.337 e. The van der Waals surface area contributed by atoms with E-state index in [9.17, 15) is 19.5 Å². The zero-order valence-corrected chi connectivity index (χ0v) is 10.9. The molecule has 3 rings (SSSR count). The first-order valence-corrected chi connectivity index (χ1v) is 6.51. The Labute approximate surface area is 113 Å². The van der Waals surface area contributed by atoms with Gasteiger partial charge in [-0.3, -0.25) is 14.2 Å². The third-order valence-electron chi connectivity index (χ3n) is 3.88. The van der Waals surface area contributed by atoms with Crippen LogP contribution in [-0.2, 0) is 0 Å². The Balaban J connectivity index is 2.45. The topological polar surface area (TPSA) is 92.2 Å². The van der Waals surface area contributed by atoms with Crippen LogP contribution in [0.4, 0.5) is 0 Å². The van der Waals surface area contributed by atoms with E-state index in [0.29, 0.717) is 17.0 Å². The SMILES string of the molecule is CC(C1CC1)n1c(=O)c(=O)[nH]c2cccc(C(=O)O)c21. The van der Waals surface area contributed by atoms with Gasteiger partial charge >= 0.3 is 17.1 Å². The molecule has 104 valence electrons. The van der Waals surface area contributed by atoms with Crippen LogP contribution < -0.4 is 11.1 Å². The molecule has 0 amide bonds. The lowest BCUT2D eigenvalue weighted by molar-refractivity contribution is 0.0698. The number of aromatic amines is 1. The number of carboxylic acids is 1. The maximum Gasteiger partial charge on any atom is 0.337 e. The van der Waals surface area contributed by atoms with Crippen LogP contribution in [0.15, 0.2) is 27.8 Å². The number of aromatic nitrogens is 2. The minimum absolute atomic E-state index is 0.0309. The van der Waals surface area contributed by atoms with E-state index in [1.54, 1.807) is 12.1 Å². The van der Waals surface area contributed by atoms with Crippen molar-refractivity contribution in [3.8, 4) is 0 Å². The Morgan fingerprint density at radius 3 is 2.70 bits per heavy atom. The van der Waals surface area contributed by atoms with Crippen LogP contribution in [0.3, 0.4) is 0 Å². The van der Waals surface area contributed by atoms with Crippen molar-refractivity contribution >= 4 is 17.0 Å². The molecule has 1 fully saturated rings. The fourth-order valence-corrected chi connectivity index (χ4v) is 2.64. The van der Waals surface area contributed by atoms with Crippen molar-refractivity contribution < 1.29 is 9.90 Å². The van der Waals surface area contributed by atoms with Gasteiger partial charge in [-0.1, -0.05) is 6.07 Å². The molecule has 6 heteroatoms. The largest absolute Gasteiger partial charge is 0.478 e. The Morgan fingerprint density at radius 1 is 1.40 bits per heavy atom. The first-order chi connectivity index (χ1) is 9.50. The van der Waals surface area contributed by atoms with Crippen LogP contribution in [0.25, 0.3) is 11.0 Å². The second kappa shape index (κ2) is 4.33. The monoisotopic (exact) mass is 274 g/mol. The lowest BCUT2D eigenvalue weighted by atomic mass is 10.1. The van der Waals surface area contributed by atoms with Crippen LogP contribution in [-0.4, -0.2) is 20.6 Å². The van der Waals surface area contributed by atoms with E-state index in [0.717, 1.165) is 12.8 Å². The lowest BCUT2D eigenvalue weighted by Gasteiger charge is -2.18. The Kier molecular flexibility index (Phi) is 2.74. The number of aromatic carboxylic acids is 1. The third kappa shape index (κ3) is 1.84. The van der Waals surface area contributed by atoms with Gasteiger partial charge in [0.1, 0.15) is 0 Å². The molecule has 1 atom stereocenters. The van der Waals surface area contributed by atoms with E-state index in [4.69, 9.17) is 0 Å². The van der Waals surface area contributed by atoms with Crippen LogP contribution in [0.2, 0.25) is 0 Å². The van der Waals surface area contributed by atoms with Crippen molar-refractivity contribution in [1.29, 1.82) is 0 Å². The molecule has 6 nitrogen and oxygen atoms in total. The number of nitrogens with one attached hydrogen (secondary N) is 1. The van der Waals surface area contributed by atoms with Crippen LogP contribution in [0, 0.1) is 5.92 Å². The molecule has 0 bridgehead atoms. The van der Waals surface area contributed by atoms with Crippen LogP contribution in [0.1, 0.15) is 36.2 Å². The summed E-state index contributed by atoms with van der Waals surface area (Å²) in [6.45, 7) is 1.86. The fraction of sp³-hybridized carbons (Fsp3) is 0.357. The first kappa shape index (κ1) is 12.7. The van der Waals surface area contributed by atoms with Gasteiger partial charge in [-0.25, -0.2) is 4.79 Å². The number of nitrogens with zero attached hydrogens (tertiary/aromatic N) is 1. The quantitative estimate of drug-likeness (QED) is 0.826. The van der Waals surface area contributed by atoms with Gasteiger partial charge in [0.15, 0.2) is 0 Å². The molecule has 1 aliphatic rings. The molecule has 0 saturated heterocycles. The van der Waals surface area contributed by atoms with Crippen LogP contribution >= 0.6 is 0 Å². The number of benzene rings is 1. The van der Waals surface area contributed by atoms with Gasteiger partial charge in [0.2, 0.25) is 0 Å². The minimum Gasteiger partial charge on any atom is -0.478 e. The highest BCUT2D eigenvalue weighted by molar-refractivity contribution is 6.00. The highest BCUT2D eigenvalue weighted by atomic mass is 16.4. The van der Waals surface area contributed by atoms with Crippen molar-refractivity contribution in [3.05, 3.63) is 44.5 Å². The molecule has 20 heavy (non-hydrogen) atoms. The van der Waals surface area contributed by atoms with E-state index in [-0.39, 0.29) is 11.6 Å². The number of rotatable bonds is 3. The van der Waals surface area contributed by atoms with Crippen molar-refractivity contribution in [3.63, 3.8) is 0 Å². The molecule has 0 radical (unpaired) electrons. The maximum absolute atomic E-state index is 12.2. The number of carbonyl (C=O) groups is 1. The first-order valence-electron chi connectivity index (χ1n) is 6.51. The molecule has 1 aromatic heterocycles. The molecular formula is C14H14N2O4. The maximum atomic E-state index is 12.2. The van der Waals surface area contributed by atoms with E-state index in [1.807, 2.05) is 6.92 Å². The predicted molar refractivity (Wildman–Crippen MR) is 73.2 cm³/mol. The summed E-state index contributed by atoms with van der Waals surface area (Å²) >= 11 is 0. The molecule has 1 aromatic carbocycles. The molecule has 2 aromatic rings. The highest BCUT2D eigenvalue weighted by Gasteiger charge is 2.31. The lowest BCUT2D eigenvalue weighted by Crippen LogP contribution is -2.38. The number of hydrogen-bond acceptors (Lipinski definition) is 3. The molecule has 1 heterocycles. The third-order valence-corrected chi connectivity index (χ3v) is 3.88. The van der Waals surface area contributed by atoms with Gasteiger partial charge in [-0.05, 0) is 37.8 Å². The number of hydrogen-bond donors (Lipinski definition) is 2. The summed E-state index contributed by atoms with van der Waals surface area (Å²) in [6, 6.07) is 4.43. The van der Waals surface area contributed by atoms with Gasteiger partial charge in [-0.2, -0.15) is 0 Å². The Bertz CT molecular complexity index is 814. The number of fused-ring (bicyclic) bond motifs is 1. The summed E-state index contributed by atoms with van der Waals surface area (Å²) in [5.41, 5.74) is -0.701. The predicted octanol–water partition coefficient (Wildman–Crippen LogP) is 1.36. The van der Waals surface area contributed by atoms with E-state index in [2.05, 4.69) is 4.98 Å². The number of carboxylic acid groups (broad SMARTS) is 1. The van der Waals surface area contributed by atoms with Crippen molar-refractivity contribution in [2.75, 3.05) is 0 Å². The van der Waals surface area contributed by atoms with Crippen LogP contribution in [0.5, 0.6) is 0 Å². The number of H-pyrrole nitrogens is 1. The average molecular weight is 274 g/mol. The molecule has 0 spiro atoms.